The van der Waals surface area contributed by atoms with E-state index < -0.39 is 17.4 Å². The van der Waals surface area contributed by atoms with Gasteiger partial charge in [0.05, 0.1) is 11.2 Å². The lowest BCUT2D eigenvalue weighted by molar-refractivity contribution is -0.141. The van der Waals surface area contributed by atoms with E-state index in [4.69, 9.17) is 17.3 Å². The number of carbonyl (C=O) groups is 1. The fourth-order valence-electron chi connectivity index (χ4n) is 3.16. The van der Waals surface area contributed by atoms with Gasteiger partial charge in [-0.15, -0.1) is 0 Å². The van der Waals surface area contributed by atoms with Crippen molar-refractivity contribution >= 4 is 23.2 Å². The molecule has 30 heavy (non-hydrogen) atoms. The Balaban J connectivity index is 1.53. The summed E-state index contributed by atoms with van der Waals surface area (Å²) in [5.74, 6) is -0.230. The van der Waals surface area contributed by atoms with Gasteiger partial charge >= 0.3 is 6.18 Å². The molecule has 0 saturated heterocycles. The van der Waals surface area contributed by atoms with E-state index in [1.54, 1.807) is 36.4 Å². The number of anilines is 1. The first-order valence-corrected chi connectivity index (χ1v) is 9.43. The van der Waals surface area contributed by atoms with Crippen LogP contribution in [0.25, 0.3) is 11.1 Å². The number of nitrogens with zero attached hydrogens (tertiary/aromatic N) is 2. The van der Waals surface area contributed by atoms with Crippen molar-refractivity contribution in [3.63, 3.8) is 0 Å². The Morgan fingerprint density at radius 1 is 1.07 bits per heavy atom. The second-order valence-corrected chi connectivity index (χ2v) is 7.57. The SMILES string of the molecule is Nc1cc(C(F)(F)F)ncc1-c1ccc(C2(NC(=O)c3ccc(Cl)cc3)CC2)nc1. The van der Waals surface area contributed by atoms with Crippen molar-refractivity contribution < 1.29 is 18.0 Å². The normalized spacial score (nSPS) is 14.9. The lowest BCUT2D eigenvalue weighted by Crippen LogP contribution is -2.35. The first-order chi connectivity index (χ1) is 14.2. The molecule has 9 heteroatoms. The molecule has 4 rings (SSSR count). The maximum absolute atomic E-state index is 12.8. The molecule has 1 amide bonds. The zero-order valence-corrected chi connectivity index (χ0v) is 16.3. The Morgan fingerprint density at radius 3 is 2.30 bits per heavy atom. The van der Waals surface area contributed by atoms with Crippen LogP contribution in [0.2, 0.25) is 5.02 Å². The van der Waals surface area contributed by atoms with Gasteiger partial charge in [-0.3, -0.25) is 14.8 Å². The van der Waals surface area contributed by atoms with E-state index in [0.717, 1.165) is 25.1 Å². The van der Waals surface area contributed by atoms with Gasteiger partial charge in [-0.1, -0.05) is 17.7 Å². The molecule has 2 aromatic heterocycles. The molecule has 0 bridgehead atoms. The molecule has 1 aliphatic rings. The number of nitrogen functional groups attached to an aromatic ring is 1. The molecular formula is C21H16ClF3N4O. The second kappa shape index (κ2) is 7.28. The van der Waals surface area contributed by atoms with Gasteiger partial charge in [0.15, 0.2) is 0 Å². The van der Waals surface area contributed by atoms with Crippen LogP contribution in [0.4, 0.5) is 18.9 Å². The Labute approximate surface area is 175 Å². The second-order valence-electron chi connectivity index (χ2n) is 7.13. The topological polar surface area (TPSA) is 80.9 Å². The van der Waals surface area contributed by atoms with Gasteiger partial charge < -0.3 is 11.1 Å². The Kier molecular flexibility index (Phi) is 4.89. The zero-order chi connectivity index (χ0) is 21.5. The van der Waals surface area contributed by atoms with Crippen LogP contribution < -0.4 is 11.1 Å². The largest absolute Gasteiger partial charge is 0.433 e. The van der Waals surface area contributed by atoms with E-state index in [-0.39, 0.29) is 11.6 Å². The third-order valence-electron chi connectivity index (χ3n) is 5.00. The van der Waals surface area contributed by atoms with Gasteiger partial charge in [0.2, 0.25) is 0 Å². The number of alkyl halides is 3. The predicted octanol–water partition coefficient (Wildman–Crippen LogP) is 4.82. The fourth-order valence-corrected chi connectivity index (χ4v) is 3.29. The van der Waals surface area contributed by atoms with Crippen molar-refractivity contribution in [2.75, 3.05) is 5.73 Å². The summed E-state index contributed by atoms with van der Waals surface area (Å²) < 4.78 is 38.3. The number of rotatable bonds is 4. The first kappa shape index (κ1) is 20.2. The van der Waals surface area contributed by atoms with Crippen LogP contribution in [-0.2, 0) is 11.7 Å². The maximum Gasteiger partial charge on any atom is 0.433 e. The molecular weight excluding hydrogens is 417 g/mol. The van der Waals surface area contributed by atoms with Gasteiger partial charge in [-0.05, 0) is 49.2 Å². The van der Waals surface area contributed by atoms with Crippen LogP contribution in [0.3, 0.4) is 0 Å². The molecule has 0 radical (unpaired) electrons. The molecule has 3 N–H and O–H groups in total. The van der Waals surface area contributed by atoms with E-state index in [2.05, 4.69) is 15.3 Å². The monoisotopic (exact) mass is 432 g/mol. The van der Waals surface area contributed by atoms with Crippen molar-refractivity contribution in [2.45, 2.75) is 24.6 Å². The number of hydrogen-bond donors (Lipinski definition) is 2. The van der Waals surface area contributed by atoms with Crippen LogP contribution in [0.15, 0.2) is 54.9 Å². The van der Waals surface area contributed by atoms with Gasteiger partial charge in [0, 0.05) is 39.8 Å². The number of benzene rings is 1. The molecule has 2 heterocycles. The summed E-state index contributed by atoms with van der Waals surface area (Å²) in [6.07, 6.45) is -0.477. The van der Waals surface area contributed by atoms with Crippen molar-refractivity contribution in [1.29, 1.82) is 0 Å². The highest BCUT2D eigenvalue weighted by molar-refractivity contribution is 6.30. The summed E-state index contributed by atoms with van der Waals surface area (Å²) in [7, 11) is 0. The maximum atomic E-state index is 12.8. The van der Waals surface area contributed by atoms with Crippen LogP contribution >= 0.6 is 11.6 Å². The van der Waals surface area contributed by atoms with Crippen LogP contribution in [0.5, 0.6) is 0 Å². The van der Waals surface area contributed by atoms with Crippen molar-refractivity contribution in [3.05, 3.63) is 76.8 Å². The summed E-state index contributed by atoms with van der Waals surface area (Å²) in [6.45, 7) is 0. The number of carbonyl (C=O) groups excluding carboxylic acids is 1. The fraction of sp³-hybridized carbons (Fsp3) is 0.190. The van der Waals surface area contributed by atoms with Crippen LogP contribution in [-0.4, -0.2) is 15.9 Å². The Morgan fingerprint density at radius 2 is 1.77 bits per heavy atom. The molecule has 0 aliphatic heterocycles. The molecule has 0 spiro atoms. The first-order valence-electron chi connectivity index (χ1n) is 9.06. The van der Waals surface area contributed by atoms with Gasteiger partial charge in [0.25, 0.3) is 5.91 Å². The molecule has 1 aliphatic carbocycles. The van der Waals surface area contributed by atoms with E-state index in [9.17, 15) is 18.0 Å². The van der Waals surface area contributed by atoms with E-state index in [0.29, 0.717) is 27.4 Å². The van der Waals surface area contributed by atoms with Gasteiger partial charge in [0.1, 0.15) is 5.69 Å². The van der Waals surface area contributed by atoms with Crippen LogP contribution in [0.1, 0.15) is 34.6 Å². The van der Waals surface area contributed by atoms with E-state index >= 15 is 0 Å². The molecule has 5 nitrogen and oxygen atoms in total. The highest BCUT2D eigenvalue weighted by Crippen LogP contribution is 2.45. The lowest BCUT2D eigenvalue weighted by Gasteiger charge is -2.18. The number of amides is 1. The molecule has 3 aromatic rings. The summed E-state index contributed by atoms with van der Waals surface area (Å²) in [6, 6.07) is 10.8. The molecule has 1 aromatic carbocycles. The van der Waals surface area contributed by atoms with Crippen molar-refractivity contribution in [2.24, 2.45) is 0 Å². The van der Waals surface area contributed by atoms with E-state index in [1.165, 1.54) is 6.20 Å². The number of pyridine rings is 2. The predicted molar refractivity (Wildman–Crippen MR) is 107 cm³/mol. The standard InChI is InChI=1S/C21H16ClF3N4O/c22-14-4-1-12(2-5-14)19(30)29-20(7-8-20)17-6-3-13(10-27-17)15-11-28-18(9-16(15)26)21(23,24)25/h1-6,9-11H,7-8H2,(H2,26,28)(H,29,30). The molecule has 1 saturated carbocycles. The smallest absolute Gasteiger partial charge is 0.398 e. The number of hydrogen-bond acceptors (Lipinski definition) is 4. The molecule has 0 unspecified atom stereocenters. The minimum absolute atomic E-state index is 0.0379. The summed E-state index contributed by atoms with van der Waals surface area (Å²) >= 11 is 5.85. The Bertz CT molecular complexity index is 1090. The molecule has 0 atom stereocenters. The third-order valence-corrected chi connectivity index (χ3v) is 5.25. The van der Waals surface area contributed by atoms with Gasteiger partial charge in [-0.25, -0.2) is 0 Å². The van der Waals surface area contributed by atoms with E-state index in [1.807, 2.05) is 0 Å². The summed E-state index contributed by atoms with van der Waals surface area (Å²) in [4.78, 5) is 20.4. The highest BCUT2D eigenvalue weighted by Gasteiger charge is 2.47. The van der Waals surface area contributed by atoms with Crippen molar-refractivity contribution in [1.82, 2.24) is 15.3 Å². The Hall–Kier alpha value is -3.13. The highest BCUT2D eigenvalue weighted by atomic mass is 35.5. The summed E-state index contributed by atoms with van der Waals surface area (Å²) in [5.41, 5.74) is 6.21. The average Bonchev–Trinajstić information content (AvgIpc) is 3.48. The third kappa shape index (κ3) is 3.95. The van der Waals surface area contributed by atoms with Crippen molar-refractivity contribution in [3.8, 4) is 11.1 Å². The minimum Gasteiger partial charge on any atom is -0.398 e. The quantitative estimate of drug-likeness (QED) is 0.619. The van der Waals surface area contributed by atoms with Gasteiger partial charge in [-0.2, -0.15) is 13.2 Å². The zero-order valence-electron chi connectivity index (χ0n) is 15.5. The lowest BCUT2D eigenvalue weighted by atomic mass is 10.0. The minimum atomic E-state index is -4.56. The number of nitrogens with one attached hydrogen (secondary N) is 1. The molecule has 1 fully saturated rings. The van der Waals surface area contributed by atoms with Crippen LogP contribution in [0, 0.1) is 0 Å². The average molecular weight is 433 g/mol. The number of halogens is 4. The molecule has 154 valence electrons. The number of aromatic nitrogens is 2. The number of nitrogens with two attached hydrogens (primary N) is 1. The summed E-state index contributed by atoms with van der Waals surface area (Å²) in [5, 5.41) is 3.55.